The van der Waals surface area contributed by atoms with Gasteiger partial charge in [0.25, 0.3) is 11.8 Å². The first-order valence-corrected chi connectivity index (χ1v) is 11.7. The lowest BCUT2D eigenvalue weighted by Gasteiger charge is -2.15. The molecule has 3 aromatic rings. The molecule has 184 valence electrons. The van der Waals surface area contributed by atoms with E-state index in [1.807, 2.05) is 28.7 Å². The average molecular weight is 603 g/mol. The average Bonchev–Trinajstić information content (AvgIpc) is 2.85. The molecule has 0 saturated heterocycles. The zero-order chi connectivity index (χ0) is 26.1. The number of carbonyl (C=O) groups is 2. The molecule has 0 aliphatic heterocycles. The Morgan fingerprint density at radius 2 is 1.56 bits per heavy atom. The van der Waals surface area contributed by atoms with E-state index in [9.17, 15) is 23.6 Å². The third kappa shape index (κ3) is 7.51. The van der Waals surface area contributed by atoms with E-state index >= 15 is 0 Å². The Labute approximate surface area is 219 Å². The number of amides is 2. The summed E-state index contributed by atoms with van der Waals surface area (Å²) in [5.41, 5.74) is 1.09. The molecule has 0 atom stereocenters. The Bertz CT molecular complexity index is 1320. The van der Waals surface area contributed by atoms with E-state index in [0.29, 0.717) is 38.6 Å². The maximum atomic E-state index is 13.1. The Morgan fingerprint density at radius 3 is 2.11 bits per heavy atom. The molecule has 0 aromatic heterocycles. The van der Waals surface area contributed by atoms with Crippen molar-refractivity contribution in [1.29, 1.82) is 5.26 Å². The van der Waals surface area contributed by atoms with Crippen LogP contribution in [0.15, 0.2) is 66.2 Å². The summed E-state index contributed by atoms with van der Waals surface area (Å²) in [6.07, 6.45) is 1.38. The van der Waals surface area contributed by atoms with Gasteiger partial charge in [-0.1, -0.05) is 0 Å². The first-order chi connectivity index (χ1) is 17.3. The second-order valence-corrected chi connectivity index (χ2v) is 8.40. The minimum Gasteiger partial charge on any atom is -0.490 e. The molecule has 2 N–H and O–H groups in total. The molecule has 0 saturated carbocycles. The molecule has 10 heteroatoms. The van der Waals surface area contributed by atoms with E-state index in [2.05, 4.69) is 10.6 Å². The molecule has 0 spiro atoms. The Morgan fingerprint density at radius 1 is 0.972 bits per heavy atom. The number of carbonyl (C=O) groups excluding carboxylic acids is 2. The summed E-state index contributed by atoms with van der Waals surface area (Å²) in [5, 5.41) is 14.6. The molecule has 2 amide bonds. The fourth-order valence-corrected chi connectivity index (χ4v) is 3.77. The van der Waals surface area contributed by atoms with Gasteiger partial charge in [0.05, 0.1) is 10.2 Å². The van der Waals surface area contributed by atoms with Crippen LogP contribution in [0.3, 0.4) is 0 Å². The van der Waals surface area contributed by atoms with Crippen molar-refractivity contribution in [2.45, 2.75) is 6.92 Å². The topological polar surface area (TPSA) is 100 Å². The fourth-order valence-electron chi connectivity index (χ4n) is 2.99. The second-order valence-electron chi connectivity index (χ2n) is 7.24. The van der Waals surface area contributed by atoms with Crippen molar-refractivity contribution in [3.63, 3.8) is 0 Å². The van der Waals surface area contributed by atoms with Crippen LogP contribution in [0.25, 0.3) is 6.08 Å². The third-order valence-electron chi connectivity index (χ3n) is 4.59. The van der Waals surface area contributed by atoms with Crippen molar-refractivity contribution >= 4 is 51.9 Å². The molecule has 0 bridgehead atoms. The van der Waals surface area contributed by atoms with Gasteiger partial charge >= 0.3 is 0 Å². The van der Waals surface area contributed by atoms with Crippen LogP contribution in [0.5, 0.6) is 11.5 Å². The number of nitrogens with zero attached hydrogens (tertiary/aromatic N) is 1. The van der Waals surface area contributed by atoms with Crippen molar-refractivity contribution in [2.24, 2.45) is 0 Å². The Kier molecular flexibility index (Phi) is 9.35. The highest BCUT2D eigenvalue weighted by Gasteiger charge is 2.16. The Balaban J connectivity index is 1.76. The molecule has 3 rings (SSSR count). The second kappa shape index (κ2) is 12.6. The van der Waals surface area contributed by atoms with E-state index in [4.69, 9.17) is 9.47 Å². The van der Waals surface area contributed by atoms with Crippen LogP contribution < -0.4 is 20.1 Å². The van der Waals surface area contributed by atoms with Gasteiger partial charge in [0.15, 0.2) is 18.1 Å². The van der Waals surface area contributed by atoms with Crippen molar-refractivity contribution in [3.05, 3.63) is 87.0 Å². The molecule has 0 unspecified atom stereocenters. The zero-order valence-corrected chi connectivity index (χ0v) is 21.1. The summed E-state index contributed by atoms with van der Waals surface area (Å²) in [6.45, 7) is 1.75. The highest BCUT2D eigenvalue weighted by molar-refractivity contribution is 14.1. The lowest BCUT2D eigenvalue weighted by Crippen LogP contribution is -2.20. The maximum absolute atomic E-state index is 13.1. The summed E-state index contributed by atoms with van der Waals surface area (Å²) < 4.78 is 38.0. The van der Waals surface area contributed by atoms with Gasteiger partial charge < -0.3 is 20.1 Å². The van der Waals surface area contributed by atoms with Crippen molar-refractivity contribution in [1.82, 2.24) is 0 Å². The third-order valence-corrected chi connectivity index (χ3v) is 5.39. The first kappa shape index (κ1) is 26.6. The van der Waals surface area contributed by atoms with Crippen molar-refractivity contribution < 1.29 is 27.8 Å². The highest BCUT2D eigenvalue weighted by atomic mass is 127. The van der Waals surface area contributed by atoms with Crippen LogP contribution >= 0.6 is 22.6 Å². The summed E-state index contributed by atoms with van der Waals surface area (Å²) >= 11 is 2.00. The summed E-state index contributed by atoms with van der Waals surface area (Å²) in [4.78, 5) is 24.8. The van der Waals surface area contributed by atoms with Gasteiger partial charge in [-0.05, 0) is 102 Å². The molecule has 36 heavy (non-hydrogen) atoms. The van der Waals surface area contributed by atoms with Gasteiger partial charge in [0.2, 0.25) is 0 Å². The van der Waals surface area contributed by atoms with Crippen molar-refractivity contribution in [3.8, 4) is 17.6 Å². The number of benzene rings is 3. The SMILES string of the molecule is CCOc1cc(/C=C(\C#N)C(=O)Nc2ccc(F)cc2)cc(I)c1OCC(=O)Nc1ccc(F)cc1. The minimum absolute atomic E-state index is 0.176. The molecule has 0 heterocycles. The van der Waals surface area contributed by atoms with Crippen LogP contribution in [0, 0.1) is 26.5 Å². The number of anilines is 2. The van der Waals surface area contributed by atoms with Gasteiger partial charge in [-0.2, -0.15) is 5.26 Å². The van der Waals surface area contributed by atoms with E-state index in [1.54, 1.807) is 19.1 Å². The van der Waals surface area contributed by atoms with Crippen molar-refractivity contribution in [2.75, 3.05) is 23.8 Å². The van der Waals surface area contributed by atoms with E-state index in [0.717, 1.165) is 0 Å². The summed E-state index contributed by atoms with van der Waals surface area (Å²) in [5.74, 6) is -1.33. The first-order valence-electron chi connectivity index (χ1n) is 10.6. The van der Waals surface area contributed by atoms with Crippen LogP contribution in [0.4, 0.5) is 20.2 Å². The number of ether oxygens (including phenoxy) is 2. The van der Waals surface area contributed by atoms with E-state index in [1.165, 1.54) is 54.6 Å². The molecule has 0 aliphatic carbocycles. The van der Waals surface area contributed by atoms with Crippen LogP contribution in [0.1, 0.15) is 12.5 Å². The molecule has 0 radical (unpaired) electrons. The lowest BCUT2D eigenvalue weighted by atomic mass is 10.1. The minimum atomic E-state index is -0.658. The van der Waals surface area contributed by atoms with Crippen LogP contribution in [-0.2, 0) is 9.59 Å². The van der Waals surface area contributed by atoms with Gasteiger partial charge in [-0.3, -0.25) is 9.59 Å². The number of hydrogen-bond acceptors (Lipinski definition) is 5. The number of hydrogen-bond donors (Lipinski definition) is 2. The standard InChI is InChI=1S/C26H20F2IN3O4/c1-2-35-23-13-16(11-17(14-30)26(34)32-21-9-5-19(28)6-10-21)12-22(29)25(23)36-15-24(33)31-20-7-3-18(27)4-8-20/h3-13H,2,15H2,1H3,(H,31,33)(H,32,34)/b17-11+. The van der Waals surface area contributed by atoms with Crippen LogP contribution in [0.2, 0.25) is 0 Å². The number of halogens is 3. The highest BCUT2D eigenvalue weighted by Crippen LogP contribution is 2.35. The maximum Gasteiger partial charge on any atom is 0.266 e. The monoisotopic (exact) mass is 603 g/mol. The number of nitriles is 1. The number of nitrogens with one attached hydrogen (secondary N) is 2. The van der Waals surface area contributed by atoms with Crippen LogP contribution in [-0.4, -0.2) is 25.0 Å². The van der Waals surface area contributed by atoms with Gasteiger partial charge in [0, 0.05) is 11.4 Å². The zero-order valence-electron chi connectivity index (χ0n) is 19.0. The molecular formula is C26H20F2IN3O4. The Hall–Kier alpha value is -3.98. The van der Waals surface area contributed by atoms with Gasteiger partial charge in [-0.25, -0.2) is 8.78 Å². The normalized spacial score (nSPS) is 10.8. The van der Waals surface area contributed by atoms with E-state index < -0.39 is 23.4 Å². The predicted octanol–water partition coefficient (Wildman–Crippen LogP) is 5.53. The quantitative estimate of drug-likeness (QED) is 0.190. The molecule has 0 fully saturated rings. The molecule has 0 aliphatic rings. The van der Waals surface area contributed by atoms with E-state index in [-0.39, 0.29) is 12.2 Å². The number of rotatable bonds is 9. The smallest absolute Gasteiger partial charge is 0.266 e. The summed E-state index contributed by atoms with van der Waals surface area (Å²) in [6, 6.07) is 15.6. The summed E-state index contributed by atoms with van der Waals surface area (Å²) in [7, 11) is 0. The molecular weight excluding hydrogens is 583 g/mol. The van der Waals surface area contributed by atoms with Gasteiger partial charge in [-0.15, -0.1) is 0 Å². The predicted molar refractivity (Wildman–Crippen MR) is 139 cm³/mol. The fraction of sp³-hybridized carbons (Fsp3) is 0.115. The largest absolute Gasteiger partial charge is 0.490 e. The lowest BCUT2D eigenvalue weighted by molar-refractivity contribution is -0.118. The van der Waals surface area contributed by atoms with Gasteiger partial charge in [0.1, 0.15) is 23.3 Å². The molecule has 7 nitrogen and oxygen atoms in total. The molecule has 3 aromatic carbocycles.